The van der Waals surface area contributed by atoms with Gasteiger partial charge in [0, 0.05) is 14.1 Å². The van der Waals surface area contributed by atoms with Gasteiger partial charge in [0.2, 0.25) is 0 Å². The zero-order chi connectivity index (χ0) is 9.30. The van der Waals surface area contributed by atoms with E-state index in [1.807, 2.05) is 22.6 Å². The fourth-order valence-electron chi connectivity index (χ4n) is 0.710. The van der Waals surface area contributed by atoms with Crippen molar-refractivity contribution in [2.45, 2.75) is 0 Å². The first kappa shape index (κ1) is 9.72. The highest BCUT2D eigenvalue weighted by Crippen LogP contribution is 2.29. The maximum absolute atomic E-state index is 10.4. The van der Waals surface area contributed by atoms with Crippen LogP contribution < -0.4 is 5.73 Å². The molecule has 0 aliphatic rings. The van der Waals surface area contributed by atoms with Crippen molar-refractivity contribution in [2.24, 2.45) is 0 Å². The number of hydrogen-bond donors (Lipinski definition) is 1. The monoisotopic (exact) mass is 342 g/mol. The molecule has 0 saturated carbocycles. The Morgan fingerprint density at radius 3 is 2.67 bits per heavy atom. The summed E-state index contributed by atoms with van der Waals surface area (Å²) in [5.74, 6) is 0. The van der Waals surface area contributed by atoms with Gasteiger partial charge in [0.15, 0.2) is 0 Å². The molecule has 0 spiro atoms. The molecule has 0 bridgehead atoms. The van der Waals surface area contributed by atoms with Gasteiger partial charge in [0.1, 0.15) is 5.69 Å². The molecule has 0 unspecified atom stereocenters. The van der Waals surface area contributed by atoms with Crippen LogP contribution >= 0.6 is 38.5 Å². The molecule has 1 rings (SSSR count). The van der Waals surface area contributed by atoms with E-state index in [1.165, 1.54) is 6.07 Å². The van der Waals surface area contributed by atoms with E-state index in [-0.39, 0.29) is 11.4 Å². The van der Waals surface area contributed by atoms with Gasteiger partial charge in [-0.05, 0) is 44.6 Å². The first-order valence-electron chi connectivity index (χ1n) is 2.91. The minimum Gasteiger partial charge on any atom is -0.393 e. The second kappa shape index (κ2) is 3.56. The summed E-state index contributed by atoms with van der Waals surface area (Å²) < 4.78 is 1.54. The average Bonchev–Trinajstić information content (AvgIpc) is 1.96. The van der Waals surface area contributed by atoms with Crippen molar-refractivity contribution in [1.82, 2.24) is 0 Å². The molecule has 0 aliphatic heterocycles. The van der Waals surface area contributed by atoms with Gasteiger partial charge in [-0.15, -0.1) is 0 Å². The smallest absolute Gasteiger partial charge is 0.293 e. The number of benzene rings is 1. The molecule has 0 aromatic heterocycles. The van der Waals surface area contributed by atoms with Crippen LogP contribution in [0.25, 0.3) is 0 Å². The number of anilines is 1. The molecule has 0 fully saturated rings. The fourth-order valence-corrected chi connectivity index (χ4v) is 1.53. The van der Waals surface area contributed by atoms with E-state index in [4.69, 9.17) is 5.73 Å². The number of halogens is 2. The van der Waals surface area contributed by atoms with E-state index < -0.39 is 4.92 Å². The summed E-state index contributed by atoms with van der Waals surface area (Å²) in [5, 5.41) is 10.4. The zero-order valence-electron chi connectivity index (χ0n) is 5.75. The van der Waals surface area contributed by atoms with Gasteiger partial charge < -0.3 is 5.73 Å². The Bertz CT molecular complexity index is 343. The fraction of sp³-hybridized carbons (Fsp3) is 0. The number of nitrogens with zero attached hydrogens (tertiary/aromatic N) is 1. The Balaban J connectivity index is 3.33. The zero-order valence-corrected chi connectivity index (χ0v) is 9.50. The van der Waals surface area contributed by atoms with Crippen LogP contribution in [-0.4, -0.2) is 4.92 Å². The van der Waals surface area contributed by atoms with Crippen LogP contribution in [0.3, 0.4) is 0 Å². The molecular weight excluding hydrogens is 339 g/mol. The van der Waals surface area contributed by atoms with Crippen LogP contribution in [0.15, 0.2) is 16.6 Å². The Kier molecular flexibility index (Phi) is 2.89. The van der Waals surface area contributed by atoms with E-state index in [1.54, 1.807) is 6.07 Å². The van der Waals surface area contributed by atoms with Crippen molar-refractivity contribution in [3.63, 3.8) is 0 Å². The molecule has 0 saturated heterocycles. The number of nitro groups is 1. The summed E-state index contributed by atoms with van der Waals surface area (Å²) in [6.07, 6.45) is 0. The van der Waals surface area contributed by atoms with Gasteiger partial charge in [0.05, 0.1) is 4.92 Å². The molecule has 0 aliphatic carbocycles. The highest BCUT2D eigenvalue weighted by molar-refractivity contribution is 14.1. The lowest BCUT2D eigenvalue weighted by atomic mass is 10.3. The molecule has 2 N–H and O–H groups in total. The topological polar surface area (TPSA) is 69.2 Å². The quantitative estimate of drug-likeness (QED) is 0.369. The maximum atomic E-state index is 10.4. The summed E-state index contributed by atoms with van der Waals surface area (Å²) in [7, 11) is 0. The van der Waals surface area contributed by atoms with Crippen molar-refractivity contribution < 1.29 is 4.92 Å². The lowest BCUT2D eigenvalue weighted by Crippen LogP contribution is -1.96. The van der Waals surface area contributed by atoms with Crippen LogP contribution in [0.2, 0.25) is 0 Å². The predicted molar refractivity (Wildman–Crippen MR) is 57.9 cm³/mol. The van der Waals surface area contributed by atoms with E-state index >= 15 is 0 Å². The largest absolute Gasteiger partial charge is 0.393 e. The lowest BCUT2D eigenvalue weighted by molar-refractivity contribution is -0.384. The molecule has 1 aromatic rings. The second-order valence-corrected chi connectivity index (χ2v) is 4.10. The summed E-state index contributed by atoms with van der Waals surface area (Å²) >= 11 is 5.22. The maximum Gasteiger partial charge on any atom is 0.293 e. The Morgan fingerprint density at radius 1 is 1.58 bits per heavy atom. The minimum atomic E-state index is -0.504. The molecule has 12 heavy (non-hydrogen) atoms. The van der Waals surface area contributed by atoms with Gasteiger partial charge in [-0.25, -0.2) is 0 Å². The third-order valence-corrected chi connectivity index (χ3v) is 3.56. The first-order valence-corrected chi connectivity index (χ1v) is 4.78. The standard InChI is InChI=1S/C6H4BrIN2O2/c7-3-1-6(10(11)12)5(9)2-4(3)8/h1-2H,9H2. The van der Waals surface area contributed by atoms with Gasteiger partial charge in [0.25, 0.3) is 5.69 Å². The molecule has 1 aromatic carbocycles. The van der Waals surface area contributed by atoms with Crippen molar-refractivity contribution in [3.05, 3.63) is 30.3 Å². The molecule has 0 amide bonds. The Labute approximate surface area is 90.6 Å². The van der Waals surface area contributed by atoms with Crippen LogP contribution in [0.4, 0.5) is 11.4 Å². The van der Waals surface area contributed by atoms with Crippen LogP contribution in [0.1, 0.15) is 0 Å². The van der Waals surface area contributed by atoms with Gasteiger partial charge in [-0.2, -0.15) is 0 Å². The van der Waals surface area contributed by atoms with Crippen molar-refractivity contribution in [1.29, 1.82) is 0 Å². The van der Waals surface area contributed by atoms with Gasteiger partial charge >= 0.3 is 0 Å². The van der Waals surface area contributed by atoms with E-state index in [9.17, 15) is 10.1 Å². The highest BCUT2D eigenvalue weighted by Gasteiger charge is 2.13. The summed E-state index contributed by atoms with van der Waals surface area (Å²) in [6, 6.07) is 2.96. The van der Waals surface area contributed by atoms with E-state index in [2.05, 4.69) is 15.9 Å². The number of rotatable bonds is 1. The van der Waals surface area contributed by atoms with Crippen molar-refractivity contribution in [3.8, 4) is 0 Å². The van der Waals surface area contributed by atoms with Crippen molar-refractivity contribution in [2.75, 3.05) is 5.73 Å². The Morgan fingerprint density at radius 2 is 2.17 bits per heavy atom. The normalized spacial score (nSPS) is 9.83. The molecule has 0 atom stereocenters. The molecule has 4 nitrogen and oxygen atoms in total. The highest BCUT2D eigenvalue weighted by atomic mass is 127. The van der Waals surface area contributed by atoms with E-state index in [0.29, 0.717) is 4.47 Å². The predicted octanol–water partition coefficient (Wildman–Crippen LogP) is 2.54. The molecular formula is C6H4BrIN2O2. The summed E-state index contributed by atoms with van der Waals surface area (Å²) in [5.41, 5.74) is 5.54. The third kappa shape index (κ3) is 1.86. The Hall–Kier alpha value is -0.370. The van der Waals surface area contributed by atoms with Gasteiger partial charge in [-0.1, -0.05) is 0 Å². The minimum absolute atomic E-state index is 0.0673. The third-order valence-electron chi connectivity index (χ3n) is 1.27. The molecule has 0 heterocycles. The van der Waals surface area contributed by atoms with Crippen molar-refractivity contribution >= 4 is 49.9 Å². The SMILES string of the molecule is Nc1cc(I)c(Br)cc1[N+](=O)[O-]. The molecule has 6 heteroatoms. The molecule has 64 valence electrons. The first-order chi connectivity index (χ1) is 5.52. The van der Waals surface area contributed by atoms with Crippen LogP contribution in [-0.2, 0) is 0 Å². The number of nitro benzene ring substituents is 1. The number of nitrogens with two attached hydrogens (primary N) is 1. The number of hydrogen-bond acceptors (Lipinski definition) is 3. The second-order valence-electron chi connectivity index (χ2n) is 2.08. The summed E-state index contributed by atoms with van der Waals surface area (Å²) in [4.78, 5) is 9.88. The van der Waals surface area contributed by atoms with E-state index in [0.717, 1.165) is 3.57 Å². The average molecular weight is 343 g/mol. The van der Waals surface area contributed by atoms with Crippen LogP contribution in [0.5, 0.6) is 0 Å². The van der Waals surface area contributed by atoms with Gasteiger partial charge in [-0.3, -0.25) is 10.1 Å². The number of nitrogen functional groups attached to an aromatic ring is 1. The lowest BCUT2D eigenvalue weighted by Gasteiger charge is -1.99. The molecule has 0 radical (unpaired) electrons. The van der Waals surface area contributed by atoms with Crippen LogP contribution in [0, 0.1) is 13.7 Å². The summed E-state index contributed by atoms with van der Waals surface area (Å²) in [6.45, 7) is 0.